The van der Waals surface area contributed by atoms with Crippen LogP contribution in [0.5, 0.6) is 11.5 Å². The van der Waals surface area contributed by atoms with Gasteiger partial charge in [0, 0.05) is 23.7 Å². The van der Waals surface area contributed by atoms with Gasteiger partial charge in [-0.3, -0.25) is 4.79 Å². The zero-order valence-corrected chi connectivity index (χ0v) is 22.8. The number of nitrogens with zero attached hydrogens (tertiary/aromatic N) is 1. The summed E-state index contributed by atoms with van der Waals surface area (Å²) in [5.74, 6) is -1.04. The van der Waals surface area contributed by atoms with E-state index in [1.165, 1.54) is 49.6 Å². The number of amides is 1. The summed E-state index contributed by atoms with van der Waals surface area (Å²) in [6.45, 7) is 6.33. The second kappa shape index (κ2) is 13.8. The first-order valence-corrected chi connectivity index (χ1v) is 12.9. The SMILES string of the molecule is CCCCC[NH2+]Cc1ccc(-c2c(C(=O)NCC)noc2-c2cc(-c3ccc(F)cc3)c(O)cc2O)cc1.[Cl-]. The molecule has 4 aromatic rings. The minimum atomic E-state index is -0.404. The van der Waals surface area contributed by atoms with Crippen LogP contribution in [0.2, 0.25) is 0 Å². The largest absolute Gasteiger partial charge is 1.00 e. The maximum absolute atomic E-state index is 13.5. The Morgan fingerprint density at radius 2 is 1.62 bits per heavy atom. The molecule has 0 saturated heterocycles. The number of hydrogen-bond acceptors (Lipinski definition) is 5. The fourth-order valence-corrected chi connectivity index (χ4v) is 4.38. The molecule has 0 radical (unpaired) electrons. The Labute approximate surface area is 233 Å². The standard InChI is InChI=1S/C30H32FN3O4.ClH/c1-3-5-6-15-32-18-19-7-9-21(10-8-19)27-28(30(37)33-4-2)34-38-29(27)24-16-23(25(35)17-26(24)36)20-11-13-22(31)14-12-20;/h7-14,16-17,32,35-36H,3-6,15,18H2,1-2H3,(H,33,37);1H. The fourth-order valence-electron chi connectivity index (χ4n) is 4.38. The molecule has 7 nitrogen and oxygen atoms in total. The number of carbonyl (C=O) groups is 1. The molecule has 0 aliphatic heterocycles. The average Bonchev–Trinajstić information content (AvgIpc) is 3.35. The fraction of sp³-hybridized carbons (Fsp3) is 0.267. The van der Waals surface area contributed by atoms with Crippen LogP contribution in [0.3, 0.4) is 0 Å². The number of nitrogens with one attached hydrogen (secondary N) is 1. The van der Waals surface area contributed by atoms with Crippen LogP contribution >= 0.6 is 0 Å². The van der Waals surface area contributed by atoms with E-state index < -0.39 is 11.7 Å². The zero-order valence-electron chi connectivity index (χ0n) is 22.0. The number of unbranched alkanes of at least 4 members (excludes halogenated alkanes) is 2. The molecule has 4 rings (SSSR count). The number of benzene rings is 3. The van der Waals surface area contributed by atoms with Crippen molar-refractivity contribution in [3.8, 4) is 45.1 Å². The van der Waals surface area contributed by atoms with E-state index in [2.05, 4.69) is 22.7 Å². The summed E-state index contributed by atoms with van der Waals surface area (Å²) >= 11 is 0. The number of carbonyl (C=O) groups excluding carboxylic acids is 1. The summed E-state index contributed by atoms with van der Waals surface area (Å²) in [4.78, 5) is 12.9. The predicted octanol–water partition coefficient (Wildman–Crippen LogP) is 2.23. The van der Waals surface area contributed by atoms with Gasteiger partial charge in [-0.2, -0.15) is 0 Å². The molecular formula is C30H33ClFN3O4. The second-order valence-corrected chi connectivity index (χ2v) is 9.17. The number of aromatic hydroxyl groups is 2. The number of phenols is 2. The Hall–Kier alpha value is -3.88. The highest BCUT2D eigenvalue weighted by Crippen LogP contribution is 2.44. The quantitative estimate of drug-likeness (QED) is 0.213. The number of phenolic OH excluding ortho intramolecular Hbond substituents is 2. The van der Waals surface area contributed by atoms with Crippen molar-refractivity contribution in [1.29, 1.82) is 0 Å². The summed E-state index contributed by atoms with van der Waals surface area (Å²) in [7, 11) is 0. The molecule has 0 unspecified atom stereocenters. The molecule has 5 N–H and O–H groups in total. The van der Waals surface area contributed by atoms with E-state index in [0.29, 0.717) is 28.8 Å². The first-order valence-electron chi connectivity index (χ1n) is 12.9. The molecule has 0 saturated carbocycles. The molecule has 1 amide bonds. The van der Waals surface area contributed by atoms with E-state index in [-0.39, 0.29) is 40.9 Å². The maximum Gasteiger partial charge on any atom is 0.274 e. The third-order valence-electron chi connectivity index (χ3n) is 6.39. The van der Waals surface area contributed by atoms with Gasteiger partial charge in [0.1, 0.15) is 23.9 Å². The molecule has 0 aliphatic rings. The van der Waals surface area contributed by atoms with Crippen LogP contribution in [-0.2, 0) is 6.54 Å². The lowest BCUT2D eigenvalue weighted by atomic mass is 9.95. The first kappa shape index (κ1) is 29.7. The lowest BCUT2D eigenvalue weighted by Gasteiger charge is -2.11. The zero-order chi connectivity index (χ0) is 27.1. The number of quaternary nitrogens is 1. The van der Waals surface area contributed by atoms with E-state index in [1.54, 1.807) is 6.07 Å². The summed E-state index contributed by atoms with van der Waals surface area (Å²) in [5.41, 5.74) is 3.54. The molecule has 0 fully saturated rings. The van der Waals surface area contributed by atoms with Crippen molar-refractivity contribution in [2.45, 2.75) is 39.7 Å². The molecule has 1 heterocycles. The van der Waals surface area contributed by atoms with E-state index >= 15 is 0 Å². The smallest absolute Gasteiger partial charge is 0.274 e. The molecule has 206 valence electrons. The Balaban J connectivity index is 0.00000420. The monoisotopic (exact) mass is 553 g/mol. The van der Waals surface area contributed by atoms with Gasteiger partial charge in [0.15, 0.2) is 11.5 Å². The molecule has 9 heteroatoms. The highest BCUT2D eigenvalue weighted by Gasteiger charge is 2.27. The highest BCUT2D eigenvalue weighted by atomic mass is 35.5. The highest BCUT2D eigenvalue weighted by molar-refractivity contribution is 6.03. The average molecular weight is 554 g/mol. The normalized spacial score (nSPS) is 10.7. The van der Waals surface area contributed by atoms with Crippen LogP contribution in [0.15, 0.2) is 65.2 Å². The molecule has 0 atom stereocenters. The van der Waals surface area contributed by atoms with E-state index in [1.807, 2.05) is 31.2 Å². The van der Waals surface area contributed by atoms with Gasteiger partial charge in [0.05, 0.1) is 17.7 Å². The van der Waals surface area contributed by atoms with Crippen molar-refractivity contribution >= 4 is 5.91 Å². The molecule has 0 bridgehead atoms. The van der Waals surface area contributed by atoms with E-state index in [0.717, 1.165) is 18.7 Å². The van der Waals surface area contributed by atoms with Gasteiger partial charge in [-0.05, 0) is 49.1 Å². The van der Waals surface area contributed by atoms with Gasteiger partial charge >= 0.3 is 0 Å². The Morgan fingerprint density at radius 3 is 2.28 bits per heavy atom. The molecule has 0 aliphatic carbocycles. The van der Waals surface area contributed by atoms with Crippen molar-refractivity contribution in [3.05, 3.63) is 77.7 Å². The van der Waals surface area contributed by atoms with Crippen molar-refractivity contribution < 1.29 is 41.6 Å². The second-order valence-electron chi connectivity index (χ2n) is 9.17. The Bertz CT molecular complexity index is 1390. The lowest BCUT2D eigenvalue weighted by Crippen LogP contribution is -3.00. The van der Waals surface area contributed by atoms with Gasteiger partial charge in [0.2, 0.25) is 0 Å². The van der Waals surface area contributed by atoms with Crippen molar-refractivity contribution in [2.75, 3.05) is 13.1 Å². The molecule has 1 aromatic heterocycles. The van der Waals surface area contributed by atoms with Crippen LogP contribution in [0.4, 0.5) is 4.39 Å². The van der Waals surface area contributed by atoms with Gasteiger partial charge in [-0.1, -0.05) is 54.9 Å². The number of aromatic nitrogens is 1. The summed E-state index contributed by atoms with van der Waals surface area (Å²) in [5, 5.41) is 30.4. The third-order valence-corrected chi connectivity index (χ3v) is 6.39. The van der Waals surface area contributed by atoms with Crippen molar-refractivity contribution in [3.63, 3.8) is 0 Å². The van der Waals surface area contributed by atoms with Gasteiger partial charge in [-0.25, -0.2) is 4.39 Å². The predicted molar refractivity (Wildman–Crippen MR) is 144 cm³/mol. The number of halogens is 2. The third kappa shape index (κ3) is 6.96. The van der Waals surface area contributed by atoms with E-state index in [9.17, 15) is 19.4 Å². The summed E-state index contributed by atoms with van der Waals surface area (Å²) < 4.78 is 19.1. The van der Waals surface area contributed by atoms with E-state index in [4.69, 9.17) is 4.52 Å². The van der Waals surface area contributed by atoms with Crippen molar-refractivity contribution in [1.82, 2.24) is 10.5 Å². The maximum atomic E-state index is 13.5. The van der Waals surface area contributed by atoms with Crippen molar-refractivity contribution in [2.24, 2.45) is 0 Å². The Morgan fingerprint density at radius 1 is 0.949 bits per heavy atom. The molecule has 3 aromatic carbocycles. The molecular weight excluding hydrogens is 521 g/mol. The van der Waals surface area contributed by atoms with Crippen LogP contribution < -0.4 is 23.0 Å². The van der Waals surface area contributed by atoms with Crippen LogP contribution in [0.25, 0.3) is 33.6 Å². The lowest BCUT2D eigenvalue weighted by molar-refractivity contribution is -0.671. The summed E-state index contributed by atoms with van der Waals surface area (Å²) in [6.07, 6.45) is 3.60. The minimum absolute atomic E-state index is 0. The molecule has 39 heavy (non-hydrogen) atoms. The van der Waals surface area contributed by atoms with Crippen LogP contribution in [0, 0.1) is 5.82 Å². The first-order chi connectivity index (χ1) is 18.4. The van der Waals surface area contributed by atoms with Crippen LogP contribution in [-0.4, -0.2) is 34.4 Å². The van der Waals surface area contributed by atoms with Crippen LogP contribution in [0.1, 0.15) is 49.2 Å². The molecule has 0 spiro atoms. The van der Waals surface area contributed by atoms with Gasteiger partial charge in [0.25, 0.3) is 5.91 Å². The number of rotatable bonds is 11. The van der Waals surface area contributed by atoms with Gasteiger partial charge < -0.3 is 37.8 Å². The number of hydrogen-bond donors (Lipinski definition) is 4. The number of nitrogens with two attached hydrogens (primary N) is 1. The van der Waals surface area contributed by atoms with Gasteiger partial charge in [-0.15, -0.1) is 0 Å². The minimum Gasteiger partial charge on any atom is -1.00 e. The summed E-state index contributed by atoms with van der Waals surface area (Å²) in [6, 6.07) is 16.2. The topological polar surface area (TPSA) is 112 Å². The Kier molecular flexibility index (Phi) is 10.5.